The van der Waals surface area contributed by atoms with Crippen LogP contribution in [0.25, 0.3) is 0 Å². The maximum atomic E-state index is 11.6. The average molecular weight is 357 g/mol. The first-order chi connectivity index (χ1) is 12.2. The third kappa shape index (κ3) is 3.15. The lowest BCUT2D eigenvalue weighted by Gasteiger charge is -2.55. The second-order valence-corrected chi connectivity index (χ2v) is 9.08. The topological polar surface area (TPSA) is 66.4 Å². The molecule has 0 radical (unpaired) electrons. The monoisotopic (exact) mass is 357 g/mol. The molecule has 26 heavy (non-hydrogen) atoms. The summed E-state index contributed by atoms with van der Waals surface area (Å²) in [6.07, 6.45) is 5.47. The van der Waals surface area contributed by atoms with Crippen molar-refractivity contribution in [2.24, 2.45) is 11.3 Å². The van der Waals surface area contributed by atoms with Gasteiger partial charge >= 0.3 is 11.9 Å². The molecule has 0 unspecified atom stereocenters. The summed E-state index contributed by atoms with van der Waals surface area (Å²) < 4.78 is 0. The second kappa shape index (κ2) is 6.71. The van der Waals surface area contributed by atoms with Crippen molar-refractivity contribution in [1.82, 2.24) is 5.32 Å². The van der Waals surface area contributed by atoms with Gasteiger partial charge in [0.1, 0.15) is 0 Å². The number of amides is 1. The van der Waals surface area contributed by atoms with Crippen LogP contribution < -0.4 is 5.32 Å². The van der Waals surface area contributed by atoms with Crippen LogP contribution in [-0.2, 0) is 21.4 Å². The van der Waals surface area contributed by atoms with Gasteiger partial charge in [-0.1, -0.05) is 52.3 Å². The molecule has 4 nitrogen and oxygen atoms in total. The van der Waals surface area contributed by atoms with Crippen molar-refractivity contribution in [3.05, 3.63) is 34.9 Å². The standard InChI is InChI=1S/C22H31NO3/c1-14(2)15-6-8-17-16(12-15)7-9-18-21(3,10-5-11-22(17,18)4)13-23-19(24)20(25)26/h6,8,12,14,18H,5,7,9-11,13H2,1-4H3,(H,23,24)(H,25,26)/t18-,21-,22+/m1/s1. The highest BCUT2D eigenvalue weighted by Gasteiger charge is 2.51. The van der Waals surface area contributed by atoms with E-state index in [2.05, 4.69) is 51.2 Å². The zero-order chi connectivity index (χ0) is 19.1. The van der Waals surface area contributed by atoms with E-state index in [9.17, 15) is 9.59 Å². The molecule has 2 N–H and O–H groups in total. The highest BCUT2D eigenvalue weighted by molar-refractivity contribution is 6.31. The second-order valence-electron chi connectivity index (χ2n) is 9.08. The third-order valence-corrected chi connectivity index (χ3v) is 7.01. The number of nitrogens with one attached hydrogen (secondary N) is 1. The van der Waals surface area contributed by atoms with Gasteiger partial charge in [-0.25, -0.2) is 4.79 Å². The lowest BCUT2D eigenvalue weighted by molar-refractivity contribution is -0.150. The Hall–Kier alpha value is -1.84. The molecule has 0 spiro atoms. The largest absolute Gasteiger partial charge is 0.474 e. The fourth-order valence-corrected chi connectivity index (χ4v) is 5.57. The maximum absolute atomic E-state index is 11.6. The first-order valence-electron chi connectivity index (χ1n) is 9.82. The number of fused-ring (bicyclic) bond motifs is 3. The van der Waals surface area contributed by atoms with Crippen LogP contribution in [0.4, 0.5) is 0 Å². The van der Waals surface area contributed by atoms with Gasteiger partial charge in [0.05, 0.1) is 0 Å². The molecule has 2 aliphatic carbocycles. The number of carbonyl (C=O) groups excluding carboxylic acids is 1. The molecule has 142 valence electrons. The number of aliphatic carboxylic acids is 1. The highest BCUT2D eigenvalue weighted by Crippen LogP contribution is 2.57. The molecule has 0 bridgehead atoms. The van der Waals surface area contributed by atoms with Crippen LogP contribution >= 0.6 is 0 Å². The summed E-state index contributed by atoms with van der Waals surface area (Å²) in [5, 5.41) is 11.5. The molecule has 3 rings (SSSR count). The van der Waals surface area contributed by atoms with E-state index in [1.54, 1.807) is 0 Å². The predicted octanol–water partition coefficient (Wildman–Crippen LogP) is 4.02. The molecule has 4 heteroatoms. The lowest BCUT2D eigenvalue weighted by Crippen LogP contribution is -2.53. The van der Waals surface area contributed by atoms with Gasteiger partial charge in [0.15, 0.2) is 0 Å². The van der Waals surface area contributed by atoms with Crippen LogP contribution in [-0.4, -0.2) is 23.5 Å². The quantitative estimate of drug-likeness (QED) is 0.803. The number of rotatable bonds is 3. The number of hydrogen-bond acceptors (Lipinski definition) is 2. The summed E-state index contributed by atoms with van der Waals surface area (Å²) in [7, 11) is 0. The van der Waals surface area contributed by atoms with Gasteiger partial charge < -0.3 is 10.4 Å². The molecular formula is C22H31NO3. The van der Waals surface area contributed by atoms with Crippen molar-refractivity contribution in [3.8, 4) is 0 Å². The van der Waals surface area contributed by atoms with Crippen molar-refractivity contribution in [2.45, 2.75) is 71.1 Å². The van der Waals surface area contributed by atoms with E-state index in [-0.39, 0.29) is 10.8 Å². The molecule has 1 aromatic rings. The molecule has 0 aromatic heterocycles. The minimum absolute atomic E-state index is 0.0630. The lowest BCUT2D eigenvalue weighted by atomic mass is 9.49. The van der Waals surface area contributed by atoms with Crippen molar-refractivity contribution < 1.29 is 14.7 Å². The third-order valence-electron chi connectivity index (χ3n) is 7.01. The van der Waals surface area contributed by atoms with Gasteiger partial charge in [-0.2, -0.15) is 0 Å². The molecule has 1 fully saturated rings. The van der Waals surface area contributed by atoms with Gasteiger partial charge in [0.2, 0.25) is 0 Å². The summed E-state index contributed by atoms with van der Waals surface area (Å²) in [5.74, 6) is -1.30. The molecule has 1 saturated carbocycles. The zero-order valence-electron chi connectivity index (χ0n) is 16.4. The van der Waals surface area contributed by atoms with Gasteiger partial charge in [-0.05, 0) is 65.0 Å². The van der Waals surface area contributed by atoms with Gasteiger partial charge in [-0.3, -0.25) is 4.79 Å². The summed E-state index contributed by atoms with van der Waals surface area (Å²) in [6.45, 7) is 9.51. The molecule has 1 amide bonds. The van der Waals surface area contributed by atoms with E-state index in [1.807, 2.05) is 0 Å². The number of aryl methyl sites for hydroxylation is 1. The summed E-state index contributed by atoms with van der Waals surface area (Å²) >= 11 is 0. The maximum Gasteiger partial charge on any atom is 0.394 e. The van der Waals surface area contributed by atoms with Crippen molar-refractivity contribution in [1.29, 1.82) is 0 Å². The summed E-state index contributed by atoms with van der Waals surface area (Å²) in [4.78, 5) is 22.4. The van der Waals surface area contributed by atoms with Crippen molar-refractivity contribution in [2.75, 3.05) is 6.54 Å². The summed E-state index contributed by atoms with van der Waals surface area (Å²) in [5.41, 5.74) is 4.39. The predicted molar refractivity (Wildman–Crippen MR) is 102 cm³/mol. The highest BCUT2D eigenvalue weighted by atomic mass is 16.4. The van der Waals surface area contributed by atoms with Crippen molar-refractivity contribution >= 4 is 11.9 Å². The number of benzene rings is 1. The molecule has 2 aliphatic rings. The number of carboxylic acids is 1. The number of hydrogen-bond donors (Lipinski definition) is 2. The van der Waals surface area contributed by atoms with Crippen LogP contribution in [0.2, 0.25) is 0 Å². The molecule has 0 heterocycles. The number of carbonyl (C=O) groups is 2. The Morgan fingerprint density at radius 3 is 2.65 bits per heavy atom. The first kappa shape index (κ1) is 18.9. The Labute approximate surface area is 156 Å². The van der Waals surface area contributed by atoms with E-state index < -0.39 is 11.9 Å². The fourth-order valence-electron chi connectivity index (χ4n) is 5.57. The van der Waals surface area contributed by atoms with Crippen LogP contribution in [0, 0.1) is 11.3 Å². The van der Waals surface area contributed by atoms with E-state index in [0.29, 0.717) is 18.4 Å². The van der Waals surface area contributed by atoms with E-state index in [4.69, 9.17) is 5.11 Å². The molecular weight excluding hydrogens is 326 g/mol. The van der Waals surface area contributed by atoms with Gasteiger partial charge in [0, 0.05) is 6.54 Å². The van der Waals surface area contributed by atoms with E-state index >= 15 is 0 Å². The number of carboxylic acid groups (broad SMARTS) is 1. The molecule has 0 aliphatic heterocycles. The van der Waals surface area contributed by atoms with E-state index in [0.717, 1.165) is 32.1 Å². The normalized spacial score (nSPS) is 30.4. The Balaban J connectivity index is 1.90. The SMILES string of the molecule is CC(C)c1ccc2c(c1)CC[C@@H]1[C@@](C)(CNC(=O)C(=O)O)CCC[C@@]21C. The zero-order valence-corrected chi connectivity index (χ0v) is 16.4. The first-order valence-corrected chi connectivity index (χ1v) is 9.82. The van der Waals surface area contributed by atoms with E-state index in [1.165, 1.54) is 16.7 Å². The molecule has 0 saturated heterocycles. The van der Waals surface area contributed by atoms with Crippen LogP contribution in [0.3, 0.4) is 0 Å². The molecule has 3 atom stereocenters. The Morgan fingerprint density at radius 2 is 2.00 bits per heavy atom. The Kier molecular flexibility index (Phi) is 4.89. The smallest absolute Gasteiger partial charge is 0.394 e. The van der Waals surface area contributed by atoms with Crippen LogP contribution in [0.5, 0.6) is 0 Å². The van der Waals surface area contributed by atoms with Crippen molar-refractivity contribution in [3.63, 3.8) is 0 Å². The Bertz CT molecular complexity index is 726. The molecule has 1 aromatic carbocycles. The minimum Gasteiger partial charge on any atom is -0.474 e. The summed E-state index contributed by atoms with van der Waals surface area (Å²) in [6, 6.07) is 6.99. The Morgan fingerprint density at radius 1 is 1.27 bits per heavy atom. The van der Waals surface area contributed by atoms with Crippen LogP contribution in [0.1, 0.15) is 76.0 Å². The fraction of sp³-hybridized carbons (Fsp3) is 0.636. The van der Waals surface area contributed by atoms with Gasteiger partial charge in [-0.15, -0.1) is 0 Å². The van der Waals surface area contributed by atoms with Gasteiger partial charge in [0.25, 0.3) is 0 Å². The van der Waals surface area contributed by atoms with Crippen LogP contribution in [0.15, 0.2) is 18.2 Å². The minimum atomic E-state index is -1.40. The average Bonchev–Trinajstić information content (AvgIpc) is 2.59.